The number of nitrogens with zero attached hydrogens (tertiary/aromatic N) is 1. The van der Waals surface area contributed by atoms with Gasteiger partial charge >= 0.3 is 5.97 Å². The molecular weight excluding hydrogens is 296 g/mol. The zero-order valence-corrected chi connectivity index (χ0v) is 11.6. The summed E-state index contributed by atoms with van der Waals surface area (Å²) in [5.74, 6) is -1.74. The van der Waals surface area contributed by atoms with Gasteiger partial charge in [-0.25, -0.2) is 4.79 Å². The molecule has 2 rings (SSSR count). The van der Waals surface area contributed by atoms with E-state index in [0.29, 0.717) is 5.56 Å². The third kappa shape index (κ3) is 3.23. The summed E-state index contributed by atoms with van der Waals surface area (Å²) in [4.78, 5) is 33.3. The molecular formula is C13H10N2O5S. The van der Waals surface area contributed by atoms with Crippen LogP contribution >= 0.6 is 11.3 Å². The lowest BCUT2D eigenvalue weighted by atomic mass is 10.1. The average Bonchev–Trinajstić information content (AvgIpc) is 2.86. The standard InChI is InChI=1S/C13H10N2O5S/c1-7-4-8(6-9(5-7)15(19)20)11(16)14-12-10(13(17)18)2-3-21-12/h2-6H,1H3,(H,14,16)(H,17,18). The second kappa shape index (κ2) is 5.71. The van der Waals surface area contributed by atoms with Crippen molar-refractivity contribution in [1.29, 1.82) is 0 Å². The molecule has 2 aromatic rings. The molecule has 0 saturated heterocycles. The van der Waals surface area contributed by atoms with Gasteiger partial charge in [-0.15, -0.1) is 11.3 Å². The van der Waals surface area contributed by atoms with Crippen LogP contribution in [0.15, 0.2) is 29.6 Å². The van der Waals surface area contributed by atoms with Crippen molar-refractivity contribution in [2.45, 2.75) is 6.92 Å². The monoisotopic (exact) mass is 306 g/mol. The number of hydrogen-bond acceptors (Lipinski definition) is 5. The fourth-order valence-electron chi connectivity index (χ4n) is 1.75. The van der Waals surface area contributed by atoms with Crippen molar-refractivity contribution in [3.05, 3.63) is 56.5 Å². The van der Waals surface area contributed by atoms with Crippen LogP contribution in [0.4, 0.5) is 10.7 Å². The van der Waals surface area contributed by atoms with Crippen molar-refractivity contribution in [2.75, 3.05) is 5.32 Å². The van der Waals surface area contributed by atoms with Gasteiger partial charge in [-0.1, -0.05) is 0 Å². The zero-order chi connectivity index (χ0) is 15.6. The third-order valence-corrected chi connectivity index (χ3v) is 3.49. The number of aromatic carboxylic acids is 1. The Labute approximate surface area is 123 Å². The van der Waals surface area contributed by atoms with Gasteiger partial charge in [0.05, 0.1) is 10.5 Å². The van der Waals surface area contributed by atoms with Gasteiger partial charge in [-0.3, -0.25) is 14.9 Å². The van der Waals surface area contributed by atoms with Crippen LogP contribution in [0.5, 0.6) is 0 Å². The van der Waals surface area contributed by atoms with Crippen molar-refractivity contribution in [3.8, 4) is 0 Å². The van der Waals surface area contributed by atoms with E-state index >= 15 is 0 Å². The molecule has 1 aromatic heterocycles. The second-order valence-corrected chi connectivity index (χ2v) is 5.15. The van der Waals surface area contributed by atoms with Crippen molar-refractivity contribution in [2.24, 2.45) is 0 Å². The molecule has 0 aliphatic rings. The summed E-state index contributed by atoms with van der Waals surface area (Å²) >= 11 is 1.07. The van der Waals surface area contributed by atoms with E-state index in [-0.39, 0.29) is 21.8 Å². The Balaban J connectivity index is 2.30. The minimum Gasteiger partial charge on any atom is -0.478 e. The van der Waals surface area contributed by atoms with Crippen LogP contribution in [0.3, 0.4) is 0 Å². The van der Waals surface area contributed by atoms with Gasteiger partial charge in [0.25, 0.3) is 11.6 Å². The summed E-state index contributed by atoms with van der Waals surface area (Å²) in [5, 5.41) is 23.9. The molecule has 2 N–H and O–H groups in total. The van der Waals surface area contributed by atoms with E-state index < -0.39 is 16.8 Å². The van der Waals surface area contributed by atoms with Gasteiger partial charge in [0.2, 0.25) is 0 Å². The van der Waals surface area contributed by atoms with Crippen LogP contribution in [0.25, 0.3) is 0 Å². The number of amides is 1. The fraction of sp³-hybridized carbons (Fsp3) is 0.0769. The number of nitrogens with one attached hydrogen (secondary N) is 1. The number of nitro groups is 1. The number of nitro benzene ring substituents is 1. The highest BCUT2D eigenvalue weighted by atomic mass is 32.1. The predicted octanol–water partition coefficient (Wildman–Crippen LogP) is 2.92. The van der Waals surface area contributed by atoms with E-state index in [1.165, 1.54) is 23.6 Å². The summed E-state index contributed by atoms with van der Waals surface area (Å²) in [5.41, 5.74) is 0.464. The van der Waals surface area contributed by atoms with Gasteiger partial charge in [0.1, 0.15) is 5.00 Å². The molecule has 8 heteroatoms. The zero-order valence-electron chi connectivity index (χ0n) is 10.8. The number of thiophene rings is 1. The van der Waals surface area contributed by atoms with Gasteiger partial charge < -0.3 is 10.4 Å². The maximum atomic E-state index is 12.1. The number of benzene rings is 1. The summed E-state index contributed by atoms with van der Waals surface area (Å²) in [6.45, 7) is 1.64. The Bertz CT molecular complexity index is 738. The molecule has 0 saturated carbocycles. The molecule has 0 spiro atoms. The third-order valence-electron chi connectivity index (χ3n) is 2.66. The Hall–Kier alpha value is -2.74. The second-order valence-electron chi connectivity index (χ2n) is 4.24. The molecule has 7 nitrogen and oxygen atoms in total. The number of non-ortho nitro benzene ring substituents is 1. The first-order valence-corrected chi connectivity index (χ1v) is 6.64. The molecule has 0 radical (unpaired) electrons. The number of carboxylic acid groups (broad SMARTS) is 1. The molecule has 21 heavy (non-hydrogen) atoms. The number of hydrogen-bond donors (Lipinski definition) is 2. The lowest BCUT2D eigenvalue weighted by Crippen LogP contribution is -2.13. The van der Waals surface area contributed by atoms with Crippen LogP contribution in [-0.4, -0.2) is 21.9 Å². The van der Waals surface area contributed by atoms with Crippen LogP contribution < -0.4 is 5.32 Å². The van der Waals surface area contributed by atoms with Crippen LogP contribution in [0, 0.1) is 17.0 Å². The van der Waals surface area contributed by atoms with Gasteiger partial charge in [-0.2, -0.15) is 0 Å². The molecule has 1 heterocycles. The van der Waals surface area contributed by atoms with Crippen molar-refractivity contribution < 1.29 is 19.6 Å². The summed E-state index contributed by atoms with van der Waals surface area (Å²) in [6.07, 6.45) is 0. The summed E-state index contributed by atoms with van der Waals surface area (Å²) in [6, 6.07) is 5.37. The van der Waals surface area contributed by atoms with Crippen molar-refractivity contribution in [3.63, 3.8) is 0 Å². The molecule has 108 valence electrons. The van der Waals surface area contributed by atoms with Gasteiger partial charge in [0, 0.05) is 17.7 Å². The smallest absolute Gasteiger partial charge is 0.338 e. The van der Waals surface area contributed by atoms with E-state index in [1.807, 2.05) is 0 Å². The van der Waals surface area contributed by atoms with Gasteiger partial charge in [-0.05, 0) is 30.0 Å². The summed E-state index contributed by atoms with van der Waals surface area (Å²) < 4.78 is 0. The summed E-state index contributed by atoms with van der Waals surface area (Å²) in [7, 11) is 0. The fourth-order valence-corrected chi connectivity index (χ4v) is 2.52. The quantitative estimate of drug-likeness (QED) is 0.666. The number of rotatable bonds is 4. The topological polar surface area (TPSA) is 110 Å². The number of carbonyl (C=O) groups excluding carboxylic acids is 1. The Kier molecular flexibility index (Phi) is 3.99. The maximum absolute atomic E-state index is 12.1. The Morgan fingerprint density at radius 3 is 2.67 bits per heavy atom. The number of anilines is 1. The highest BCUT2D eigenvalue weighted by Crippen LogP contribution is 2.24. The van der Waals surface area contributed by atoms with E-state index in [9.17, 15) is 19.7 Å². The number of carbonyl (C=O) groups is 2. The molecule has 1 aromatic carbocycles. The molecule has 0 unspecified atom stereocenters. The van der Waals surface area contributed by atoms with E-state index in [0.717, 1.165) is 17.4 Å². The lowest BCUT2D eigenvalue weighted by Gasteiger charge is -2.05. The molecule has 0 bridgehead atoms. The SMILES string of the molecule is Cc1cc(C(=O)Nc2sccc2C(=O)O)cc([N+](=O)[O-])c1. The highest BCUT2D eigenvalue weighted by molar-refractivity contribution is 7.14. The van der Waals surface area contributed by atoms with Crippen LogP contribution in [0.1, 0.15) is 26.3 Å². The minimum absolute atomic E-state index is 0.0181. The average molecular weight is 306 g/mol. The van der Waals surface area contributed by atoms with E-state index in [2.05, 4.69) is 5.32 Å². The van der Waals surface area contributed by atoms with Crippen LogP contribution in [-0.2, 0) is 0 Å². The molecule has 0 fully saturated rings. The number of carboxylic acids is 1. The molecule has 1 amide bonds. The lowest BCUT2D eigenvalue weighted by molar-refractivity contribution is -0.384. The molecule has 0 atom stereocenters. The first-order chi connectivity index (χ1) is 9.88. The van der Waals surface area contributed by atoms with Gasteiger partial charge in [0.15, 0.2) is 0 Å². The predicted molar refractivity (Wildman–Crippen MR) is 77.1 cm³/mol. The first-order valence-electron chi connectivity index (χ1n) is 5.76. The Morgan fingerprint density at radius 1 is 1.33 bits per heavy atom. The van der Waals surface area contributed by atoms with Crippen molar-refractivity contribution in [1.82, 2.24) is 0 Å². The largest absolute Gasteiger partial charge is 0.478 e. The van der Waals surface area contributed by atoms with Crippen molar-refractivity contribution >= 4 is 33.9 Å². The molecule has 0 aliphatic heterocycles. The van der Waals surface area contributed by atoms with E-state index in [4.69, 9.17) is 5.11 Å². The normalized spacial score (nSPS) is 10.1. The Morgan fingerprint density at radius 2 is 2.05 bits per heavy atom. The van der Waals surface area contributed by atoms with E-state index in [1.54, 1.807) is 6.92 Å². The van der Waals surface area contributed by atoms with Crippen LogP contribution in [0.2, 0.25) is 0 Å². The maximum Gasteiger partial charge on any atom is 0.338 e. The molecule has 0 aliphatic carbocycles. The number of aryl methyl sites for hydroxylation is 1. The minimum atomic E-state index is -1.15. The first kappa shape index (κ1) is 14.7. The highest BCUT2D eigenvalue weighted by Gasteiger charge is 2.17.